The summed E-state index contributed by atoms with van der Waals surface area (Å²) in [6.45, 7) is 0.220. The maximum atomic E-state index is 13.9. The summed E-state index contributed by atoms with van der Waals surface area (Å²) in [7, 11) is 0. The second kappa shape index (κ2) is 7.13. The first-order valence-electron chi connectivity index (χ1n) is 6.75. The summed E-state index contributed by atoms with van der Waals surface area (Å²) in [6, 6.07) is 4.45. The summed E-state index contributed by atoms with van der Waals surface area (Å²) in [6.07, 6.45) is 1.66. The van der Waals surface area contributed by atoms with Gasteiger partial charge in [0, 0.05) is 47.9 Å². The van der Waals surface area contributed by atoms with Crippen LogP contribution in [0.3, 0.4) is 0 Å². The number of pyridine rings is 2. The van der Waals surface area contributed by atoms with E-state index in [0.29, 0.717) is 16.9 Å². The molecule has 1 unspecified atom stereocenters. The van der Waals surface area contributed by atoms with Crippen LogP contribution in [0.25, 0.3) is 11.1 Å². The molecule has 0 saturated carbocycles. The Balaban J connectivity index is 1.85. The molecule has 9 heteroatoms. The zero-order valence-electron chi connectivity index (χ0n) is 11.8. The number of alkyl halides is 1. The Bertz CT molecular complexity index is 813. The second-order valence-electron chi connectivity index (χ2n) is 4.65. The number of nitrogens with zero attached hydrogens (tertiary/aromatic N) is 3. The second-order valence-corrected chi connectivity index (χ2v) is 5.41. The lowest BCUT2D eigenvalue weighted by atomic mass is 10.3. The monoisotopic (exact) mass is 431 g/mol. The van der Waals surface area contributed by atoms with Crippen LogP contribution in [0, 0.1) is 5.82 Å². The highest BCUT2D eigenvalue weighted by Gasteiger charge is 2.19. The first-order valence-corrected chi connectivity index (χ1v) is 7.83. The Morgan fingerprint density at radius 3 is 2.91 bits per heavy atom. The molecule has 0 radical (unpaired) electrons. The summed E-state index contributed by atoms with van der Waals surface area (Å²) in [5, 5.41) is 2.95. The third-order valence-electron chi connectivity index (χ3n) is 3.11. The quantitative estimate of drug-likeness (QED) is 0.461. The van der Waals surface area contributed by atoms with Gasteiger partial charge >= 0.3 is 0 Å². The van der Waals surface area contributed by atoms with E-state index in [1.165, 1.54) is 24.5 Å². The maximum Gasteiger partial charge on any atom is 0.231 e. The van der Waals surface area contributed by atoms with E-state index in [9.17, 15) is 8.78 Å². The SMILES string of the molecule is Fc1cccnc1CNc1nccc2oc(C(F)CNI)nc12. The molecule has 0 saturated heterocycles. The van der Waals surface area contributed by atoms with E-state index in [2.05, 4.69) is 23.8 Å². The Hall–Kier alpha value is -1.88. The highest BCUT2D eigenvalue weighted by molar-refractivity contribution is 14.1. The van der Waals surface area contributed by atoms with Crippen molar-refractivity contribution in [2.24, 2.45) is 0 Å². The highest BCUT2D eigenvalue weighted by atomic mass is 127. The molecule has 3 aromatic heterocycles. The van der Waals surface area contributed by atoms with E-state index < -0.39 is 12.0 Å². The van der Waals surface area contributed by atoms with Gasteiger partial charge in [0.2, 0.25) is 5.89 Å². The number of fused-ring (bicyclic) bond motifs is 1. The van der Waals surface area contributed by atoms with Crippen molar-refractivity contribution in [2.45, 2.75) is 12.7 Å². The van der Waals surface area contributed by atoms with Gasteiger partial charge in [0.05, 0.1) is 12.2 Å². The minimum atomic E-state index is -1.36. The minimum absolute atomic E-state index is 0.0239. The Morgan fingerprint density at radius 2 is 2.13 bits per heavy atom. The van der Waals surface area contributed by atoms with Gasteiger partial charge in [-0.25, -0.2) is 18.7 Å². The van der Waals surface area contributed by atoms with Gasteiger partial charge in [-0.2, -0.15) is 0 Å². The number of hydrogen-bond donors (Lipinski definition) is 2. The van der Waals surface area contributed by atoms with Crippen molar-refractivity contribution >= 4 is 39.8 Å². The van der Waals surface area contributed by atoms with Crippen LogP contribution in [0.1, 0.15) is 17.8 Å². The van der Waals surface area contributed by atoms with Gasteiger partial charge in [-0.1, -0.05) is 0 Å². The van der Waals surface area contributed by atoms with Gasteiger partial charge in [-0.05, 0) is 12.1 Å². The van der Waals surface area contributed by atoms with Crippen molar-refractivity contribution in [2.75, 3.05) is 11.9 Å². The number of halogens is 3. The lowest BCUT2D eigenvalue weighted by Gasteiger charge is -2.05. The molecule has 3 rings (SSSR count). The number of oxazole rings is 1. The van der Waals surface area contributed by atoms with Gasteiger partial charge < -0.3 is 9.73 Å². The molecular weight excluding hydrogens is 419 g/mol. The molecule has 0 amide bonds. The standard InChI is InChI=1S/C14H12F2IN5O/c15-8-2-1-4-18-10(8)7-20-13-12-11(3-5-19-13)23-14(22-12)9(16)6-21-17/h1-5,9,21H,6-7H2,(H,19,20). The fraction of sp³-hybridized carbons (Fsp3) is 0.214. The Kier molecular flexibility index (Phi) is 4.96. The molecular formula is C14H12F2IN5O. The maximum absolute atomic E-state index is 13.9. The number of anilines is 1. The van der Waals surface area contributed by atoms with E-state index in [0.717, 1.165) is 0 Å². The van der Waals surface area contributed by atoms with Crippen LogP contribution in [-0.2, 0) is 6.54 Å². The van der Waals surface area contributed by atoms with E-state index in [1.54, 1.807) is 6.07 Å². The molecule has 0 spiro atoms. The molecule has 3 heterocycles. The summed E-state index contributed by atoms with van der Waals surface area (Å²) in [5.41, 5.74) is 1.07. The lowest BCUT2D eigenvalue weighted by Crippen LogP contribution is -2.08. The molecule has 0 aliphatic carbocycles. The summed E-state index contributed by atoms with van der Waals surface area (Å²) in [4.78, 5) is 12.2. The Morgan fingerprint density at radius 1 is 1.26 bits per heavy atom. The van der Waals surface area contributed by atoms with E-state index >= 15 is 0 Å². The van der Waals surface area contributed by atoms with Crippen molar-refractivity contribution in [1.82, 2.24) is 18.5 Å². The number of nitrogens with one attached hydrogen (secondary N) is 2. The molecule has 0 aromatic carbocycles. The summed E-state index contributed by atoms with van der Waals surface area (Å²) >= 11 is 1.85. The van der Waals surface area contributed by atoms with Gasteiger partial charge in [0.25, 0.3) is 0 Å². The fourth-order valence-corrected chi connectivity index (χ4v) is 2.39. The smallest absolute Gasteiger partial charge is 0.231 e. The molecule has 2 N–H and O–H groups in total. The summed E-state index contributed by atoms with van der Waals surface area (Å²) < 4.78 is 35.6. The molecule has 3 aromatic rings. The molecule has 1 atom stereocenters. The van der Waals surface area contributed by atoms with Crippen LogP contribution in [-0.4, -0.2) is 21.5 Å². The average molecular weight is 431 g/mol. The molecule has 0 aliphatic rings. The lowest BCUT2D eigenvalue weighted by molar-refractivity contribution is 0.287. The summed E-state index contributed by atoms with van der Waals surface area (Å²) in [5.74, 6) is -0.0497. The van der Waals surface area contributed by atoms with E-state index in [-0.39, 0.29) is 24.7 Å². The molecule has 0 bridgehead atoms. The third-order valence-corrected chi connectivity index (χ3v) is 3.55. The molecule has 23 heavy (non-hydrogen) atoms. The zero-order valence-corrected chi connectivity index (χ0v) is 13.9. The van der Waals surface area contributed by atoms with Crippen LogP contribution in [0.15, 0.2) is 35.0 Å². The van der Waals surface area contributed by atoms with Crippen LogP contribution in [0.4, 0.5) is 14.6 Å². The van der Waals surface area contributed by atoms with Crippen molar-refractivity contribution in [3.63, 3.8) is 0 Å². The van der Waals surface area contributed by atoms with Gasteiger partial charge in [-0.3, -0.25) is 8.51 Å². The van der Waals surface area contributed by atoms with Crippen molar-refractivity contribution in [3.8, 4) is 0 Å². The van der Waals surface area contributed by atoms with Crippen LogP contribution in [0.5, 0.6) is 0 Å². The predicted molar refractivity (Wildman–Crippen MR) is 89.2 cm³/mol. The van der Waals surface area contributed by atoms with Gasteiger partial charge in [-0.15, -0.1) is 0 Å². The largest absolute Gasteiger partial charge is 0.437 e. The molecule has 6 nitrogen and oxygen atoms in total. The highest BCUT2D eigenvalue weighted by Crippen LogP contribution is 2.26. The molecule has 0 aliphatic heterocycles. The average Bonchev–Trinajstić information content (AvgIpc) is 2.99. The van der Waals surface area contributed by atoms with Crippen LogP contribution < -0.4 is 8.85 Å². The van der Waals surface area contributed by atoms with Crippen LogP contribution >= 0.6 is 22.9 Å². The first kappa shape index (κ1) is 16.0. The van der Waals surface area contributed by atoms with Crippen molar-refractivity contribution in [3.05, 3.63) is 48.0 Å². The molecule has 120 valence electrons. The number of aromatic nitrogens is 3. The van der Waals surface area contributed by atoms with E-state index in [4.69, 9.17) is 4.42 Å². The fourth-order valence-electron chi connectivity index (χ4n) is 2.01. The van der Waals surface area contributed by atoms with E-state index in [1.807, 2.05) is 22.9 Å². The molecule has 0 fully saturated rings. The minimum Gasteiger partial charge on any atom is -0.437 e. The number of hydrogen-bond acceptors (Lipinski definition) is 6. The first-order chi connectivity index (χ1) is 11.2. The normalized spacial score (nSPS) is 12.5. The third kappa shape index (κ3) is 3.55. The number of rotatable bonds is 6. The van der Waals surface area contributed by atoms with Gasteiger partial charge in [0.15, 0.2) is 23.1 Å². The van der Waals surface area contributed by atoms with Crippen LogP contribution in [0.2, 0.25) is 0 Å². The van der Waals surface area contributed by atoms with Gasteiger partial charge in [0.1, 0.15) is 5.82 Å². The Labute approximate surface area is 144 Å². The topological polar surface area (TPSA) is 75.9 Å². The predicted octanol–water partition coefficient (Wildman–Crippen LogP) is 3.32. The van der Waals surface area contributed by atoms with Crippen molar-refractivity contribution < 1.29 is 13.2 Å². The zero-order chi connectivity index (χ0) is 16.2. The van der Waals surface area contributed by atoms with Crippen molar-refractivity contribution in [1.29, 1.82) is 0 Å².